The van der Waals surface area contributed by atoms with Crippen molar-refractivity contribution in [3.05, 3.63) is 35.4 Å². The number of fused-ring (bicyclic) bond motifs is 1. The molecule has 0 radical (unpaired) electrons. The molecule has 28 heavy (non-hydrogen) atoms. The van der Waals surface area contributed by atoms with E-state index >= 15 is 0 Å². The Balaban J connectivity index is 1.36. The van der Waals surface area contributed by atoms with E-state index in [1.807, 2.05) is 0 Å². The zero-order valence-corrected chi connectivity index (χ0v) is 16.1. The number of hydrogen-bond donors (Lipinski definition) is 0. The van der Waals surface area contributed by atoms with E-state index in [-0.39, 0.29) is 17.5 Å². The summed E-state index contributed by atoms with van der Waals surface area (Å²) in [6.45, 7) is 3.41. The van der Waals surface area contributed by atoms with E-state index < -0.39 is 23.1 Å². The Morgan fingerprint density at radius 3 is 2.57 bits per heavy atom. The molecule has 4 aliphatic carbocycles. The highest BCUT2D eigenvalue weighted by molar-refractivity contribution is 6.04. The van der Waals surface area contributed by atoms with E-state index in [9.17, 15) is 18.4 Å². The van der Waals surface area contributed by atoms with Crippen molar-refractivity contribution in [1.82, 2.24) is 10.0 Å². The van der Waals surface area contributed by atoms with Gasteiger partial charge in [0.25, 0.3) is 11.8 Å². The van der Waals surface area contributed by atoms with Gasteiger partial charge >= 0.3 is 0 Å². The van der Waals surface area contributed by atoms with Gasteiger partial charge in [0.05, 0.1) is 11.6 Å². The van der Waals surface area contributed by atoms with Crippen LogP contribution in [0.1, 0.15) is 56.3 Å². The van der Waals surface area contributed by atoms with E-state index in [0.717, 1.165) is 36.8 Å². The minimum atomic E-state index is -1.00. The van der Waals surface area contributed by atoms with Crippen LogP contribution in [-0.2, 0) is 4.79 Å². The normalized spacial score (nSPS) is 41.7. The quantitative estimate of drug-likeness (QED) is 0.776. The largest absolute Gasteiger partial charge is 0.276 e. The molecule has 2 amide bonds. The maximum Gasteiger partial charge on any atom is 0.276 e. The average molecular weight is 386 g/mol. The SMILES string of the molecule is CC1(C)C(=O)N(C2C3CC4CCC5CC2C45C3)N1C(=O)c1ccc(F)cc1F. The summed E-state index contributed by atoms with van der Waals surface area (Å²) in [6.07, 6.45) is 6.09. The third kappa shape index (κ3) is 1.68. The molecule has 6 rings (SSSR count). The number of halogens is 2. The molecule has 1 aliphatic heterocycles. The number of benzene rings is 1. The van der Waals surface area contributed by atoms with Crippen LogP contribution < -0.4 is 0 Å². The molecule has 6 atom stereocenters. The lowest BCUT2D eigenvalue weighted by Gasteiger charge is -2.63. The Kier molecular flexibility index (Phi) is 2.99. The topological polar surface area (TPSA) is 40.6 Å². The first kappa shape index (κ1) is 16.9. The smallest absolute Gasteiger partial charge is 0.270 e. The van der Waals surface area contributed by atoms with Crippen LogP contribution in [0, 0.1) is 40.7 Å². The molecule has 6 unspecified atom stereocenters. The van der Waals surface area contributed by atoms with Gasteiger partial charge in [-0.2, -0.15) is 0 Å². The number of amides is 2. The minimum absolute atomic E-state index is 0.0542. The van der Waals surface area contributed by atoms with Gasteiger partial charge in [-0.1, -0.05) is 0 Å². The number of rotatable bonds is 2. The summed E-state index contributed by atoms with van der Waals surface area (Å²) in [5.74, 6) is 0.277. The fraction of sp³-hybridized carbons (Fsp3) is 0.636. The summed E-state index contributed by atoms with van der Waals surface area (Å²) in [5.41, 5.74) is -0.792. The highest BCUT2D eigenvalue weighted by Crippen LogP contribution is 2.78. The molecule has 6 heteroatoms. The lowest BCUT2D eigenvalue weighted by molar-refractivity contribution is -0.225. The van der Waals surface area contributed by atoms with Crippen molar-refractivity contribution in [3.63, 3.8) is 0 Å². The molecule has 1 spiro atoms. The van der Waals surface area contributed by atoms with Crippen LogP contribution in [-0.4, -0.2) is 33.4 Å². The summed E-state index contributed by atoms with van der Waals surface area (Å²) >= 11 is 0. The second-order valence-corrected chi connectivity index (χ2v) is 10.1. The van der Waals surface area contributed by atoms with Crippen molar-refractivity contribution in [2.75, 3.05) is 0 Å². The van der Waals surface area contributed by atoms with Crippen LogP contribution in [0.15, 0.2) is 18.2 Å². The van der Waals surface area contributed by atoms with Crippen molar-refractivity contribution in [2.45, 2.75) is 57.5 Å². The molecule has 5 aliphatic rings. The van der Waals surface area contributed by atoms with Gasteiger partial charge in [-0.15, -0.1) is 0 Å². The van der Waals surface area contributed by atoms with Crippen LogP contribution in [0.25, 0.3) is 0 Å². The first-order chi connectivity index (χ1) is 13.3. The molecule has 0 aromatic heterocycles. The van der Waals surface area contributed by atoms with E-state index in [1.54, 1.807) is 18.9 Å². The minimum Gasteiger partial charge on any atom is -0.270 e. The second kappa shape index (κ2) is 4.95. The Labute approximate surface area is 162 Å². The zero-order valence-electron chi connectivity index (χ0n) is 16.1. The fourth-order valence-corrected chi connectivity index (χ4v) is 7.81. The molecule has 1 heterocycles. The molecule has 4 saturated carbocycles. The monoisotopic (exact) mass is 386 g/mol. The lowest BCUT2D eigenvalue weighted by Crippen LogP contribution is -2.80. The molecule has 148 valence electrons. The third-order valence-corrected chi connectivity index (χ3v) is 8.82. The van der Waals surface area contributed by atoms with Crippen LogP contribution >= 0.6 is 0 Å². The molecule has 1 aromatic carbocycles. The van der Waals surface area contributed by atoms with Crippen LogP contribution in [0.2, 0.25) is 0 Å². The highest BCUT2D eigenvalue weighted by atomic mass is 19.1. The van der Waals surface area contributed by atoms with Gasteiger partial charge in [-0.05, 0) is 87.2 Å². The van der Waals surface area contributed by atoms with E-state index in [0.29, 0.717) is 17.3 Å². The van der Waals surface area contributed by atoms with Gasteiger partial charge in [0.2, 0.25) is 0 Å². The van der Waals surface area contributed by atoms with Crippen molar-refractivity contribution in [2.24, 2.45) is 29.1 Å². The van der Waals surface area contributed by atoms with Crippen LogP contribution in [0.3, 0.4) is 0 Å². The van der Waals surface area contributed by atoms with Gasteiger partial charge < -0.3 is 0 Å². The molecular weight excluding hydrogens is 362 g/mol. The average Bonchev–Trinajstić information content (AvgIpc) is 3.23. The van der Waals surface area contributed by atoms with Gasteiger partial charge in [0.1, 0.15) is 17.2 Å². The van der Waals surface area contributed by atoms with Crippen molar-refractivity contribution in [1.29, 1.82) is 0 Å². The molecule has 1 saturated heterocycles. The fourth-order valence-electron chi connectivity index (χ4n) is 7.81. The summed E-state index contributed by atoms with van der Waals surface area (Å²) in [4.78, 5) is 26.3. The Morgan fingerprint density at radius 1 is 1.14 bits per heavy atom. The first-order valence-corrected chi connectivity index (χ1v) is 10.4. The molecule has 5 fully saturated rings. The standard InChI is InChI=1S/C22H24F2N2O2/c1-21(2)20(28)25(26(21)19(27)15-6-5-14(23)9-17(15)24)18-11-7-12-3-4-13-8-16(18)22(12,13)10-11/h5-6,9,11-13,16,18H,3-4,7-8,10H2,1-2H3. The highest BCUT2D eigenvalue weighted by Gasteiger charge is 2.76. The molecule has 0 N–H and O–H groups in total. The van der Waals surface area contributed by atoms with Gasteiger partial charge in [0, 0.05) is 6.07 Å². The van der Waals surface area contributed by atoms with Crippen molar-refractivity contribution in [3.8, 4) is 0 Å². The third-order valence-electron chi connectivity index (χ3n) is 8.82. The number of nitrogens with zero attached hydrogens (tertiary/aromatic N) is 2. The molecule has 2 bridgehead atoms. The van der Waals surface area contributed by atoms with Crippen LogP contribution in [0.4, 0.5) is 8.78 Å². The van der Waals surface area contributed by atoms with Crippen LogP contribution in [0.5, 0.6) is 0 Å². The summed E-state index contributed by atoms with van der Waals surface area (Å²) < 4.78 is 27.6. The maximum atomic E-state index is 14.3. The lowest BCUT2D eigenvalue weighted by atomic mass is 9.51. The van der Waals surface area contributed by atoms with Gasteiger partial charge in [-0.25, -0.2) is 18.8 Å². The Hall–Kier alpha value is -1.98. The summed E-state index contributed by atoms with van der Waals surface area (Å²) in [7, 11) is 0. The summed E-state index contributed by atoms with van der Waals surface area (Å²) in [5, 5.41) is 3.10. The number of carbonyl (C=O) groups excluding carboxylic acids is 2. The Bertz CT molecular complexity index is 931. The van der Waals surface area contributed by atoms with E-state index in [1.165, 1.54) is 30.3 Å². The number of carbonyl (C=O) groups is 2. The predicted octanol–water partition coefficient (Wildman–Crippen LogP) is 3.77. The van der Waals surface area contributed by atoms with E-state index in [2.05, 4.69) is 0 Å². The molecule has 4 nitrogen and oxygen atoms in total. The van der Waals surface area contributed by atoms with Crippen molar-refractivity contribution >= 4 is 11.8 Å². The van der Waals surface area contributed by atoms with Gasteiger partial charge in [-0.3, -0.25) is 9.59 Å². The zero-order chi connectivity index (χ0) is 19.6. The van der Waals surface area contributed by atoms with Crippen molar-refractivity contribution < 1.29 is 18.4 Å². The first-order valence-electron chi connectivity index (χ1n) is 10.4. The molecular formula is C22H24F2N2O2. The van der Waals surface area contributed by atoms with E-state index in [4.69, 9.17) is 0 Å². The second-order valence-electron chi connectivity index (χ2n) is 10.1. The number of hydrazine groups is 1. The predicted molar refractivity (Wildman–Crippen MR) is 96.7 cm³/mol. The number of hydrogen-bond acceptors (Lipinski definition) is 2. The summed E-state index contributed by atoms with van der Waals surface area (Å²) in [6, 6.07) is 3.04. The maximum absolute atomic E-state index is 14.3. The molecule has 1 aromatic rings. The van der Waals surface area contributed by atoms with Gasteiger partial charge in [0.15, 0.2) is 0 Å². The Morgan fingerprint density at radius 2 is 1.86 bits per heavy atom.